The molecule has 0 aliphatic carbocycles. The molecule has 0 unspecified atom stereocenters. The quantitative estimate of drug-likeness (QED) is 0.683. The van der Waals surface area contributed by atoms with Gasteiger partial charge in [0.15, 0.2) is 0 Å². The number of rotatable bonds is 6. The maximum atomic E-state index is 8.92. The number of pyridine rings is 1. The van der Waals surface area contributed by atoms with E-state index in [2.05, 4.69) is 10.3 Å². The smallest absolute Gasteiger partial charge is 0.0973 e. The summed E-state index contributed by atoms with van der Waals surface area (Å²) in [7, 11) is 0. The summed E-state index contributed by atoms with van der Waals surface area (Å²) < 4.78 is 1.88. The van der Waals surface area contributed by atoms with Crippen molar-refractivity contribution < 1.29 is 5.11 Å². The number of para-hydroxylation sites is 1. The lowest BCUT2D eigenvalue weighted by Gasteiger charge is -2.03. The predicted octanol–water partition coefficient (Wildman–Crippen LogP) is 2.02. The summed E-state index contributed by atoms with van der Waals surface area (Å²) in [6, 6.07) is 13.9. The molecular formula is C17H18N4O. The molecule has 112 valence electrons. The molecular weight excluding hydrogens is 276 g/mol. The second-order valence-electron chi connectivity index (χ2n) is 4.92. The molecule has 5 nitrogen and oxygen atoms in total. The molecule has 3 rings (SSSR count). The largest absolute Gasteiger partial charge is 0.395 e. The standard InChI is InChI=1S/C17H18N4O/c22-11-10-19-12-15-13-21(16-4-2-1-3-5-16)20-17(15)14-6-8-18-9-7-14/h1-9,13,19,22H,10-12H2. The van der Waals surface area contributed by atoms with E-state index in [1.54, 1.807) is 12.4 Å². The zero-order chi connectivity index (χ0) is 15.2. The zero-order valence-corrected chi connectivity index (χ0v) is 12.2. The van der Waals surface area contributed by atoms with Gasteiger partial charge in [-0.2, -0.15) is 5.10 Å². The monoisotopic (exact) mass is 294 g/mol. The van der Waals surface area contributed by atoms with Gasteiger partial charge in [0, 0.05) is 42.8 Å². The molecule has 0 saturated heterocycles. The number of aliphatic hydroxyl groups is 1. The van der Waals surface area contributed by atoms with E-state index in [0.717, 1.165) is 22.5 Å². The Hall–Kier alpha value is -2.50. The number of aromatic nitrogens is 3. The number of benzene rings is 1. The van der Waals surface area contributed by atoms with Crippen LogP contribution in [0, 0.1) is 0 Å². The fraction of sp³-hybridized carbons (Fsp3) is 0.176. The first-order valence-electron chi connectivity index (χ1n) is 7.24. The van der Waals surface area contributed by atoms with Crippen LogP contribution in [0.15, 0.2) is 61.1 Å². The molecule has 2 N–H and O–H groups in total. The molecule has 2 heterocycles. The van der Waals surface area contributed by atoms with Crippen LogP contribution < -0.4 is 5.32 Å². The zero-order valence-electron chi connectivity index (χ0n) is 12.2. The van der Waals surface area contributed by atoms with E-state index in [-0.39, 0.29) is 6.61 Å². The van der Waals surface area contributed by atoms with E-state index in [4.69, 9.17) is 10.2 Å². The molecule has 1 aromatic carbocycles. The third-order valence-electron chi connectivity index (χ3n) is 3.37. The molecule has 22 heavy (non-hydrogen) atoms. The normalized spacial score (nSPS) is 10.8. The molecule has 3 aromatic rings. The Morgan fingerprint density at radius 1 is 1.05 bits per heavy atom. The molecule has 2 aromatic heterocycles. The van der Waals surface area contributed by atoms with Gasteiger partial charge in [-0.25, -0.2) is 4.68 Å². The summed E-state index contributed by atoms with van der Waals surface area (Å²) in [6.07, 6.45) is 5.55. The number of aliphatic hydroxyl groups excluding tert-OH is 1. The highest BCUT2D eigenvalue weighted by Gasteiger charge is 2.11. The lowest BCUT2D eigenvalue weighted by atomic mass is 10.1. The second-order valence-corrected chi connectivity index (χ2v) is 4.92. The summed E-state index contributed by atoms with van der Waals surface area (Å²) in [5.41, 5.74) is 4.07. The number of nitrogens with zero attached hydrogens (tertiary/aromatic N) is 3. The van der Waals surface area contributed by atoms with Gasteiger partial charge in [-0.1, -0.05) is 18.2 Å². The van der Waals surface area contributed by atoms with E-state index in [9.17, 15) is 0 Å². The highest BCUT2D eigenvalue weighted by molar-refractivity contribution is 5.62. The van der Waals surface area contributed by atoms with Crippen LogP contribution in [0.4, 0.5) is 0 Å². The molecule has 0 fully saturated rings. The fourth-order valence-corrected chi connectivity index (χ4v) is 2.31. The van der Waals surface area contributed by atoms with Crippen molar-refractivity contribution in [2.45, 2.75) is 6.54 Å². The van der Waals surface area contributed by atoms with E-state index >= 15 is 0 Å². The molecule has 0 bridgehead atoms. The fourth-order valence-electron chi connectivity index (χ4n) is 2.31. The van der Waals surface area contributed by atoms with Crippen molar-refractivity contribution in [2.75, 3.05) is 13.2 Å². The van der Waals surface area contributed by atoms with Crippen molar-refractivity contribution >= 4 is 0 Å². The molecule has 0 aliphatic heterocycles. The van der Waals surface area contributed by atoms with Gasteiger partial charge in [-0.3, -0.25) is 4.98 Å². The first-order chi connectivity index (χ1) is 10.9. The Morgan fingerprint density at radius 2 is 1.82 bits per heavy atom. The van der Waals surface area contributed by atoms with E-state index in [1.165, 1.54) is 0 Å². The molecule has 0 aliphatic rings. The first kappa shape index (κ1) is 14.4. The van der Waals surface area contributed by atoms with Gasteiger partial charge >= 0.3 is 0 Å². The topological polar surface area (TPSA) is 63.0 Å². The summed E-state index contributed by atoms with van der Waals surface area (Å²) in [5, 5.41) is 16.8. The predicted molar refractivity (Wildman–Crippen MR) is 85.6 cm³/mol. The minimum absolute atomic E-state index is 0.122. The van der Waals surface area contributed by atoms with Crippen LogP contribution in [0.5, 0.6) is 0 Å². The van der Waals surface area contributed by atoms with Gasteiger partial charge in [-0.15, -0.1) is 0 Å². The van der Waals surface area contributed by atoms with E-state index < -0.39 is 0 Å². The van der Waals surface area contributed by atoms with Crippen LogP contribution in [0.25, 0.3) is 16.9 Å². The van der Waals surface area contributed by atoms with Crippen molar-refractivity contribution in [1.82, 2.24) is 20.1 Å². The minimum Gasteiger partial charge on any atom is -0.395 e. The Balaban J connectivity index is 1.97. The average Bonchev–Trinajstić information content (AvgIpc) is 3.01. The Morgan fingerprint density at radius 3 is 2.55 bits per heavy atom. The Labute approximate surface area is 129 Å². The maximum absolute atomic E-state index is 8.92. The number of nitrogens with one attached hydrogen (secondary N) is 1. The van der Waals surface area contributed by atoms with Crippen LogP contribution in [0.2, 0.25) is 0 Å². The van der Waals surface area contributed by atoms with Gasteiger partial charge in [0.05, 0.1) is 18.0 Å². The van der Waals surface area contributed by atoms with E-state index in [1.807, 2.05) is 53.3 Å². The van der Waals surface area contributed by atoms with Crippen molar-refractivity contribution in [3.8, 4) is 16.9 Å². The van der Waals surface area contributed by atoms with E-state index in [0.29, 0.717) is 13.1 Å². The van der Waals surface area contributed by atoms with Crippen LogP contribution in [-0.2, 0) is 6.54 Å². The second kappa shape index (κ2) is 6.98. The van der Waals surface area contributed by atoms with Crippen LogP contribution in [0.1, 0.15) is 5.56 Å². The van der Waals surface area contributed by atoms with Crippen molar-refractivity contribution in [2.24, 2.45) is 0 Å². The minimum atomic E-state index is 0.122. The third kappa shape index (κ3) is 3.21. The van der Waals surface area contributed by atoms with Crippen molar-refractivity contribution in [1.29, 1.82) is 0 Å². The molecule has 0 atom stereocenters. The Kier molecular flexibility index (Phi) is 4.58. The van der Waals surface area contributed by atoms with Crippen molar-refractivity contribution in [3.63, 3.8) is 0 Å². The van der Waals surface area contributed by atoms with Crippen LogP contribution >= 0.6 is 0 Å². The van der Waals surface area contributed by atoms with Crippen LogP contribution in [0.3, 0.4) is 0 Å². The molecule has 5 heteroatoms. The van der Waals surface area contributed by atoms with Gasteiger partial charge in [0.1, 0.15) is 0 Å². The number of hydrogen-bond donors (Lipinski definition) is 2. The Bertz CT molecular complexity index is 710. The highest BCUT2D eigenvalue weighted by Crippen LogP contribution is 2.23. The van der Waals surface area contributed by atoms with Gasteiger partial charge < -0.3 is 10.4 Å². The molecule has 0 radical (unpaired) electrons. The van der Waals surface area contributed by atoms with Crippen molar-refractivity contribution in [3.05, 3.63) is 66.6 Å². The van der Waals surface area contributed by atoms with Gasteiger partial charge in [0.25, 0.3) is 0 Å². The summed E-state index contributed by atoms with van der Waals surface area (Å²) in [4.78, 5) is 4.06. The first-order valence-corrected chi connectivity index (χ1v) is 7.24. The highest BCUT2D eigenvalue weighted by atomic mass is 16.3. The molecule has 0 saturated carbocycles. The molecule has 0 spiro atoms. The third-order valence-corrected chi connectivity index (χ3v) is 3.37. The number of hydrogen-bond acceptors (Lipinski definition) is 4. The molecule has 0 amide bonds. The summed E-state index contributed by atoms with van der Waals surface area (Å²) in [6.45, 7) is 1.34. The van der Waals surface area contributed by atoms with Crippen LogP contribution in [-0.4, -0.2) is 33.0 Å². The SMILES string of the molecule is OCCNCc1cn(-c2ccccc2)nc1-c1ccncc1. The maximum Gasteiger partial charge on any atom is 0.0973 e. The van der Waals surface area contributed by atoms with Gasteiger partial charge in [-0.05, 0) is 24.3 Å². The lowest BCUT2D eigenvalue weighted by molar-refractivity contribution is 0.292. The average molecular weight is 294 g/mol. The summed E-state index contributed by atoms with van der Waals surface area (Å²) in [5.74, 6) is 0. The lowest BCUT2D eigenvalue weighted by Crippen LogP contribution is -2.17. The summed E-state index contributed by atoms with van der Waals surface area (Å²) >= 11 is 0. The van der Waals surface area contributed by atoms with Gasteiger partial charge in [0.2, 0.25) is 0 Å².